The molecule has 0 aliphatic carbocycles. The van der Waals surface area contributed by atoms with Gasteiger partial charge in [-0.3, -0.25) is 9.48 Å². The Labute approximate surface area is 126 Å². The van der Waals surface area contributed by atoms with E-state index in [9.17, 15) is 4.79 Å². The highest BCUT2D eigenvalue weighted by Crippen LogP contribution is 2.12. The average Bonchev–Trinajstić information content (AvgIpc) is 2.73. The van der Waals surface area contributed by atoms with Crippen LogP contribution in [0.5, 0.6) is 0 Å². The predicted molar refractivity (Wildman–Crippen MR) is 80.6 cm³/mol. The first-order valence-corrected chi connectivity index (χ1v) is 7.27. The van der Waals surface area contributed by atoms with Crippen LogP contribution in [0.25, 0.3) is 0 Å². The highest BCUT2D eigenvalue weighted by Gasteiger charge is 2.10. The van der Waals surface area contributed by atoms with Crippen LogP contribution in [0.4, 0.5) is 0 Å². The van der Waals surface area contributed by atoms with Gasteiger partial charge in [0.15, 0.2) is 0 Å². The maximum absolute atomic E-state index is 11.9. The van der Waals surface area contributed by atoms with Gasteiger partial charge >= 0.3 is 0 Å². The van der Waals surface area contributed by atoms with E-state index >= 15 is 0 Å². The summed E-state index contributed by atoms with van der Waals surface area (Å²) in [7, 11) is 0. The molecule has 0 radical (unpaired) electrons. The zero-order valence-electron chi connectivity index (χ0n) is 11.6. The number of carbonyl (C=O) groups excluding carboxylic acids is 1. The third kappa shape index (κ3) is 3.66. The van der Waals surface area contributed by atoms with Gasteiger partial charge in [0.25, 0.3) is 5.91 Å². The van der Waals surface area contributed by atoms with Crippen LogP contribution in [0.3, 0.4) is 0 Å². The zero-order valence-corrected chi connectivity index (χ0v) is 13.1. The number of pyridine rings is 1. The van der Waals surface area contributed by atoms with Crippen molar-refractivity contribution in [3.63, 3.8) is 0 Å². The molecule has 2 rings (SSSR count). The maximum Gasteiger partial charge on any atom is 0.271 e. The lowest BCUT2D eigenvalue weighted by Crippen LogP contribution is -2.26. The standard InChI is InChI=1S/C14H17BrN4O/c1-10-9-11(2)19(18-10)8-4-7-17-14(20)13-12(15)5-3-6-16-13/h3,5-6,9H,4,7-8H2,1-2H3,(H,17,20). The summed E-state index contributed by atoms with van der Waals surface area (Å²) in [5.41, 5.74) is 2.57. The van der Waals surface area contributed by atoms with Crippen LogP contribution in [0.15, 0.2) is 28.9 Å². The van der Waals surface area contributed by atoms with Gasteiger partial charge < -0.3 is 5.32 Å². The number of nitrogens with one attached hydrogen (secondary N) is 1. The van der Waals surface area contributed by atoms with E-state index in [4.69, 9.17) is 0 Å². The summed E-state index contributed by atoms with van der Waals surface area (Å²) in [4.78, 5) is 16.0. The number of halogens is 1. The first kappa shape index (κ1) is 14.7. The lowest BCUT2D eigenvalue weighted by atomic mass is 10.3. The summed E-state index contributed by atoms with van der Waals surface area (Å²) < 4.78 is 2.66. The molecule has 6 heteroatoms. The molecule has 5 nitrogen and oxygen atoms in total. The molecule has 0 saturated heterocycles. The number of nitrogens with zero attached hydrogens (tertiary/aromatic N) is 3. The molecule has 106 valence electrons. The molecule has 1 amide bonds. The molecule has 0 spiro atoms. The minimum atomic E-state index is -0.161. The van der Waals surface area contributed by atoms with Gasteiger partial charge in [0.2, 0.25) is 0 Å². The molecule has 0 aliphatic heterocycles. The molecule has 0 aliphatic rings. The Morgan fingerprint density at radius 3 is 2.90 bits per heavy atom. The van der Waals surface area contributed by atoms with Crippen molar-refractivity contribution in [3.8, 4) is 0 Å². The van der Waals surface area contributed by atoms with Gasteiger partial charge in [-0.1, -0.05) is 0 Å². The molecule has 0 aromatic carbocycles. The van der Waals surface area contributed by atoms with Crippen LogP contribution in [0, 0.1) is 13.8 Å². The second kappa shape index (κ2) is 6.65. The SMILES string of the molecule is Cc1cc(C)n(CCCNC(=O)c2ncccc2Br)n1. The lowest BCUT2D eigenvalue weighted by Gasteiger charge is -2.07. The van der Waals surface area contributed by atoms with E-state index in [-0.39, 0.29) is 5.91 Å². The molecule has 0 bridgehead atoms. The van der Waals surface area contributed by atoms with Gasteiger partial charge in [-0.15, -0.1) is 0 Å². The minimum Gasteiger partial charge on any atom is -0.351 e. The van der Waals surface area contributed by atoms with Gasteiger partial charge in [-0.2, -0.15) is 5.10 Å². The van der Waals surface area contributed by atoms with Crippen molar-refractivity contribution in [3.05, 3.63) is 46.0 Å². The number of hydrogen-bond donors (Lipinski definition) is 1. The largest absolute Gasteiger partial charge is 0.351 e. The van der Waals surface area contributed by atoms with Gasteiger partial charge in [0.1, 0.15) is 5.69 Å². The Bertz CT molecular complexity index is 609. The Hall–Kier alpha value is -1.69. The molecule has 0 fully saturated rings. The van der Waals surface area contributed by atoms with Gasteiger partial charge in [0.05, 0.1) is 5.69 Å². The molecule has 2 heterocycles. The van der Waals surface area contributed by atoms with E-state index < -0.39 is 0 Å². The van der Waals surface area contributed by atoms with Crippen molar-refractivity contribution >= 4 is 21.8 Å². The summed E-state index contributed by atoms with van der Waals surface area (Å²) in [5, 5.41) is 7.25. The van der Waals surface area contributed by atoms with E-state index in [1.165, 1.54) is 0 Å². The molecule has 1 N–H and O–H groups in total. The molecule has 0 unspecified atom stereocenters. The van der Waals surface area contributed by atoms with Crippen molar-refractivity contribution in [1.29, 1.82) is 0 Å². The number of aryl methyl sites for hydroxylation is 3. The van der Waals surface area contributed by atoms with Crippen molar-refractivity contribution in [2.75, 3.05) is 6.54 Å². The quantitative estimate of drug-likeness (QED) is 0.853. The van der Waals surface area contributed by atoms with Crippen LogP contribution in [0.1, 0.15) is 28.3 Å². The van der Waals surface area contributed by atoms with E-state index in [2.05, 4.69) is 31.3 Å². The molecular formula is C14H17BrN4O. The smallest absolute Gasteiger partial charge is 0.271 e. The Morgan fingerprint density at radius 2 is 2.25 bits per heavy atom. The summed E-state index contributed by atoms with van der Waals surface area (Å²) in [6, 6.07) is 5.63. The molecular weight excluding hydrogens is 320 g/mol. The highest BCUT2D eigenvalue weighted by molar-refractivity contribution is 9.10. The first-order valence-electron chi connectivity index (χ1n) is 6.47. The van der Waals surface area contributed by atoms with E-state index in [0.717, 1.165) is 24.4 Å². The number of rotatable bonds is 5. The summed E-state index contributed by atoms with van der Waals surface area (Å²) >= 11 is 3.32. The number of amides is 1. The van der Waals surface area contributed by atoms with Gasteiger partial charge in [0, 0.05) is 29.5 Å². The van der Waals surface area contributed by atoms with Crippen LogP contribution >= 0.6 is 15.9 Å². The molecule has 0 atom stereocenters. The molecule has 2 aromatic rings. The normalized spacial score (nSPS) is 10.6. The molecule has 20 heavy (non-hydrogen) atoms. The first-order chi connectivity index (χ1) is 9.58. The van der Waals surface area contributed by atoms with Crippen LogP contribution in [0.2, 0.25) is 0 Å². The fourth-order valence-corrected chi connectivity index (χ4v) is 2.40. The van der Waals surface area contributed by atoms with E-state index in [1.54, 1.807) is 18.3 Å². The highest BCUT2D eigenvalue weighted by atomic mass is 79.9. The fourth-order valence-electron chi connectivity index (χ4n) is 1.97. The topological polar surface area (TPSA) is 59.8 Å². The summed E-state index contributed by atoms with van der Waals surface area (Å²) in [5.74, 6) is -0.161. The van der Waals surface area contributed by atoms with Crippen LogP contribution in [-0.4, -0.2) is 27.2 Å². The van der Waals surface area contributed by atoms with Crippen molar-refractivity contribution in [2.45, 2.75) is 26.8 Å². The second-order valence-corrected chi connectivity index (χ2v) is 5.45. The third-order valence-corrected chi connectivity index (χ3v) is 3.55. The molecule has 0 saturated carbocycles. The Balaban J connectivity index is 1.80. The Kier molecular flexibility index (Phi) is 4.89. The monoisotopic (exact) mass is 336 g/mol. The lowest BCUT2D eigenvalue weighted by molar-refractivity contribution is 0.0947. The third-order valence-electron chi connectivity index (χ3n) is 2.91. The minimum absolute atomic E-state index is 0.161. The van der Waals surface area contributed by atoms with Crippen molar-refractivity contribution in [2.24, 2.45) is 0 Å². The number of carbonyl (C=O) groups is 1. The van der Waals surface area contributed by atoms with Crippen LogP contribution in [-0.2, 0) is 6.54 Å². The number of hydrogen-bond acceptors (Lipinski definition) is 3. The fraction of sp³-hybridized carbons (Fsp3) is 0.357. The van der Waals surface area contributed by atoms with E-state index in [1.807, 2.05) is 24.6 Å². The van der Waals surface area contributed by atoms with Gasteiger partial charge in [-0.25, -0.2) is 4.98 Å². The van der Waals surface area contributed by atoms with Gasteiger partial charge in [-0.05, 0) is 54.4 Å². The predicted octanol–water partition coefficient (Wildman–Crippen LogP) is 2.48. The van der Waals surface area contributed by atoms with Crippen molar-refractivity contribution in [1.82, 2.24) is 20.1 Å². The summed E-state index contributed by atoms with van der Waals surface area (Å²) in [6.07, 6.45) is 2.44. The van der Waals surface area contributed by atoms with E-state index in [0.29, 0.717) is 16.7 Å². The van der Waals surface area contributed by atoms with Crippen molar-refractivity contribution < 1.29 is 4.79 Å². The molecule has 2 aromatic heterocycles. The average molecular weight is 337 g/mol. The zero-order chi connectivity index (χ0) is 14.5. The summed E-state index contributed by atoms with van der Waals surface area (Å²) in [6.45, 7) is 5.40. The maximum atomic E-state index is 11.9. The number of aromatic nitrogens is 3. The Morgan fingerprint density at radius 1 is 1.45 bits per heavy atom. The second-order valence-electron chi connectivity index (χ2n) is 4.59. The van der Waals surface area contributed by atoms with Crippen LogP contribution < -0.4 is 5.32 Å².